The van der Waals surface area contributed by atoms with Crippen LogP contribution in [0.3, 0.4) is 0 Å². The number of hydrogen-bond acceptors (Lipinski definition) is 3. The Morgan fingerprint density at radius 2 is 2.06 bits per heavy atom. The highest BCUT2D eigenvalue weighted by Gasteiger charge is 2.15. The lowest BCUT2D eigenvalue weighted by molar-refractivity contribution is 0.0967. The van der Waals surface area contributed by atoms with Gasteiger partial charge in [-0.15, -0.1) is 0 Å². The predicted octanol–water partition coefficient (Wildman–Crippen LogP) is 2.27. The van der Waals surface area contributed by atoms with Crippen molar-refractivity contribution in [2.45, 2.75) is 26.7 Å². The van der Waals surface area contributed by atoms with Gasteiger partial charge in [-0.25, -0.2) is 0 Å². The summed E-state index contributed by atoms with van der Waals surface area (Å²) in [6.07, 6.45) is 0.853. The number of ether oxygens (including phenoxy) is 1. The Morgan fingerprint density at radius 3 is 2.62 bits per heavy atom. The van der Waals surface area contributed by atoms with Crippen LogP contribution in [0.2, 0.25) is 0 Å². The van der Waals surface area contributed by atoms with Gasteiger partial charge in [-0.2, -0.15) is 0 Å². The van der Waals surface area contributed by atoms with Crippen LogP contribution in [0.5, 0.6) is 5.75 Å². The van der Waals surface area contributed by atoms with E-state index in [1.807, 2.05) is 26.0 Å². The Hall–Kier alpha value is -1.35. The van der Waals surface area contributed by atoms with Crippen molar-refractivity contribution in [3.05, 3.63) is 28.8 Å². The van der Waals surface area contributed by atoms with Crippen LogP contribution < -0.4 is 4.74 Å². The summed E-state index contributed by atoms with van der Waals surface area (Å²) in [5.41, 5.74) is 2.65. The number of aryl methyl sites for hydroxylation is 2. The molecular formula is C13H18O3. The Morgan fingerprint density at radius 1 is 1.38 bits per heavy atom. The number of rotatable bonds is 5. The van der Waals surface area contributed by atoms with Gasteiger partial charge in [0.05, 0.1) is 12.7 Å². The molecule has 0 unspecified atom stereocenters. The Bertz CT molecular complexity index is 383. The number of aliphatic hydroxyl groups is 1. The summed E-state index contributed by atoms with van der Waals surface area (Å²) in [5, 5.41) is 8.72. The van der Waals surface area contributed by atoms with Crippen molar-refractivity contribution in [2.75, 3.05) is 13.7 Å². The molecule has 0 fully saturated rings. The van der Waals surface area contributed by atoms with Crippen LogP contribution in [0.25, 0.3) is 0 Å². The van der Waals surface area contributed by atoms with Crippen LogP contribution in [0.1, 0.15) is 34.3 Å². The highest BCUT2D eigenvalue weighted by atomic mass is 16.5. The van der Waals surface area contributed by atoms with E-state index in [4.69, 9.17) is 9.84 Å². The van der Waals surface area contributed by atoms with Gasteiger partial charge in [0.2, 0.25) is 0 Å². The first kappa shape index (κ1) is 12.7. The van der Waals surface area contributed by atoms with Gasteiger partial charge >= 0.3 is 0 Å². The van der Waals surface area contributed by atoms with Gasteiger partial charge in [-0.1, -0.05) is 6.07 Å². The quantitative estimate of drug-likeness (QED) is 0.777. The highest BCUT2D eigenvalue weighted by molar-refractivity contribution is 6.00. The summed E-state index contributed by atoms with van der Waals surface area (Å²) >= 11 is 0. The first-order valence-electron chi connectivity index (χ1n) is 5.39. The van der Waals surface area contributed by atoms with Crippen LogP contribution in [0.4, 0.5) is 0 Å². The van der Waals surface area contributed by atoms with Crippen LogP contribution in [-0.4, -0.2) is 24.6 Å². The molecule has 0 aromatic heterocycles. The molecule has 0 heterocycles. The van der Waals surface area contributed by atoms with E-state index in [0.717, 1.165) is 11.1 Å². The molecule has 0 atom stereocenters. The minimum Gasteiger partial charge on any atom is -0.496 e. The molecule has 0 aliphatic heterocycles. The van der Waals surface area contributed by atoms with E-state index in [1.165, 1.54) is 0 Å². The van der Waals surface area contributed by atoms with Crippen molar-refractivity contribution in [3.63, 3.8) is 0 Å². The van der Waals surface area contributed by atoms with E-state index in [1.54, 1.807) is 7.11 Å². The molecule has 16 heavy (non-hydrogen) atoms. The third-order valence-corrected chi connectivity index (χ3v) is 2.50. The summed E-state index contributed by atoms with van der Waals surface area (Å²) in [6, 6.07) is 3.83. The van der Waals surface area contributed by atoms with E-state index in [0.29, 0.717) is 24.2 Å². The van der Waals surface area contributed by atoms with E-state index in [2.05, 4.69) is 0 Å². The molecule has 0 bridgehead atoms. The number of methoxy groups -OCH3 is 1. The maximum absolute atomic E-state index is 11.9. The molecular weight excluding hydrogens is 204 g/mol. The third-order valence-electron chi connectivity index (χ3n) is 2.50. The van der Waals surface area contributed by atoms with E-state index >= 15 is 0 Å². The number of Topliss-reactive ketones (excluding diaryl/α,β-unsaturated/α-hetero) is 1. The van der Waals surface area contributed by atoms with Gasteiger partial charge in [0.15, 0.2) is 5.78 Å². The molecule has 0 amide bonds. The summed E-state index contributed by atoms with van der Waals surface area (Å²) in [5.74, 6) is 0.656. The van der Waals surface area contributed by atoms with Crippen molar-refractivity contribution in [2.24, 2.45) is 0 Å². The zero-order valence-electron chi connectivity index (χ0n) is 10.0. The normalized spacial score (nSPS) is 10.2. The number of carbonyl (C=O) groups is 1. The molecule has 0 spiro atoms. The van der Waals surface area contributed by atoms with Crippen LogP contribution in [0.15, 0.2) is 12.1 Å². The second kappa shape index (κ2) is 5.66. The van der Waals surface area contributed by atoms with E-state index in [9.17, 15) is 4.79 Å². The Labute approximate surface area is 96.1 Å². The van der Waals surface area contributed by atoms with Crippen LogP contribution in [-0.2, 0) is 0 Å². The van der Waals surface area contributed by atoms with Crippen molar-refractivity contribution in [3.8, 4) is 5.75 Å². The lowest BCUT2D eigenvalue weighted by atomic mass is 9.98. The van der Waals surface area contributed by atoms with Gasteiger partial charge in [0.25, 0.3) is 0 Å². The van der Waals surface area contributed by atoms with Crippen molar-refractivity contribution >= 4 is 5.78 Å². The lowest BCUT2D eigenvalue weighted by Crippen LogP contribution is -2.06. The molecule has 1 N–H and O–H groups in total. The molecule has 0 radical (unpaired) electrons. The Kier molecular flexibility index (Phi) is 4.50. The molecule has 1 rings (SSSR count). The molecule has 1 aromatic rings. The largest absolute Gasteiger partial charge is 0.496 e. The molecule has 3 nitrogen and oxygen atoms in total. The molecule has 88 valence electrons. The maximum Gasteiger partial charge on any atom is 0.166 e. The predicted molar refractivity (Wildman–Crippen MR) is 63.1 cm³/mol. The first-order valence-corrected chi connectivity index (χ1v) is 5.39. The molecule has 0 aliphatic carbocycles. The zero-order valence-corrected chi connectivity index (χ0v) is 10.0. The number of benzene rings is 1. The van der Waals surface area contributed by atoms with Crippen molar-refractivity contribution in [1.29, 1.82) is 0 Å². The molecule has 0 aliphatic rings. The zero-order chi connectivity index (χ0) is 12.1. The Balaban J connectivity index is 3.06. The third kappa shape index (κ3) is 2.83. The lowest BCUT2D eigenvalue weighted by Gasteiger charge is -2.11. The van der Waals surface area contributed by atoms with Crippen LogP contribution >= 0.6 is 0 Å². The number of ketones is 1. The summed E-state index contributed by atoms with van der Waals surface area (Å²) in [6.45, 7) is 3.91. The average Bonchev–Trinajstić information content (AvgIpc) is 2.24. The topological polar surface area (TPSA) is 46.5 Å². The standard InChI is InChI=1S/C13H18O3/c1-9-7-10(2)13(12(8-9)16-3)11(15)5-4-6-14/h7-8,14H,4-6H2,1-3H3. The van der Waals surface area contributed by atoms with Gasteiger partial charge in [0.1, 0.15) is 5.75 Å². The molecule has 1 aromatic carbocycles. The van der Waals surface area contributed by atoms with Gasteiger partial charge < -0.3 is 9.84 Å². The fourth-order valence-corrected chi connectivity index (χ4v) is 1.81. The van der Waals surface area contributed by atoms with Crippen LogP contribution in [0, 0.1) is 13.8 Å². The number of aliphatic hydroxyl groups excluding tert-OH is 1. The van der Waals surface area contributed by atoms with Crippen molar-refractivity contribution in [1.82, 2.24) is 0 Å². The highest BCUT2D eigenvalue weighted by Crippen LogP contribution is 2.25. The monoisotopic (exact) mass is 222 g/mol. The number of hydrogen-bond donors (Lipinski definition) is 1. The van der Waals surface area contributed by atoms with E-state index in [-0.39, 0.29) is 12.4 Å². The van der Waals surface area contributed by atoms with Gasteiger partial charge in [0, 0.05) is 13.0 Å². The van der Waals surface area contributed by atoms with Crippen molar-refractivity contribution < 1.29 is 14.6 Å². The minimum absolute atomic E-state index is 0.0309. The average molecular weight is 222 g/mol. The minimum atomic E-state index is 0.0309. The van der Waals surface area contributed by atoms with Gasteiger partial charge in [-0.05, 0) is 37.5 Å². The SMILES string of the molecule is COc1cc(C)cc(C)c1C(=O)CCCO. The fourth-order valence-electron chi connectivity index (χ4n) is 1.81. The number of carbonyl (C=O) groups excluding carboxylic acids is 1. The van der Waals surface area contributed by atoms with Gasteiger partial charge in [-0.3, -0.25) is 4.79 Å². The smallest absolute Gasteiger partial charge is 0.166 e. The molecule has 0 saturated heterocycles. The summed E-state index contributed by atoms with van der Waals surface area (Å²) < 4.78 is 5.22. The second-order valence-electron chi connectivity index (χ2n) is 3.91. The van der Waals surface area contributed by atoms with E-state index < -0.39 is 0 Å². The first-order chi connectivity index (χ1) is 7.60. The molecule has 3 heteroatoms. The summed E-state index contributed by atoms with van der Waals surface area (Å²) in [4.78, 5) is 11.9. The maximum atomic E-state index is 11.9. The fraction of sp³-hybridized carbons (Fsp3) is 0.462. The molecule has 0 saturated carbocycles. The second-order valence-corrected chi connectivity index (χ2v) is 3.91. The summed E-state index contributed by atoms with van der Waals surface area (Å²) in [7, 11) is 1.57.